The first-order valence-corrected chi connectivity index (χ1v) is 1.25. The predicted molar refractivity (Wildman–Crippen MR) is 20.9 cm³/mol. The molecular formula is C2H3N3O. The molecular weight excluding hydrogens is 82.0 g/mol. The molecule has 6 heavy (non-hydrogen) atoms. The van der Waals surface area contributed by atoms with E-state index in [0.717, 1.165) is 6.20 Å². The molecule has 0 saturated heterocycles. The Morgan fingerprint density at radius 1 is 1.83 bits per heavy atom. The van der Waals surface area contributed by atoms with Crippen LogP contribution in [0, 0.1) is 0 Å². The first kappa shape index (κ1) is 4.85. The molecule has 4 nitrogen and oxygen atoms in total. The van der Waals surface area contributed by atoms with E-state index in [4.69, 9.17) is 10.6 Å². The van der Waals surface area contributed by atoms with Gasteiger partial charge in [0.2, 0.25) is 0 Å². The van der Waals surface area contributed by atoms with E-state index in [1.54, 1.807) is 0 Å². The Morgan fingerprint density at radius 2 is 2.50 bits per heavy atom. The van der Waals surface area contributed by atoms with Crippen LogP contribution in [-0.2, 0) is 0 Å². The number of hydrogen-bond donors (Lipinski definition) is 1. The Bertz CT molecular complexity index is 91.0. The van der Waals surface area contributed by atoms with Gasteiger partial charge in [0.25, 0.3) is 0 Å². The highest BCUT2D eigenvalue weighted by atomic mass is 16.2. The van der Waals surface area contributed by atoms with Gasteiger partial charge in [-0.15, -0.1) is 0 Å². The molecule has 0 unspecified atom stereocenters. The van der Waals surface area contributed by atoms with Crippen molar-refractivity contribution in [2.45, 2.75) is 0 Å². The summed E-state index contributed by atoms with van der Waals surface area (Å²) in [5, 5.41) is 10.6. The van der Waals surface area contributed by atoms with Crippen LogP contribution >= 0.6 is 0 Å². The Morgan fingerprint density at radius 3 is 2.67 bits per heavy atom. The van der Waals surface area contributed by atoms with E-state index in [0.29, 0.717) is 6.26 Å². The lowest BCUT2D eigenvalue weighted by Crippen LogP contribution is -1.41. The summed E-state index contributed by atoms with van der Waals surface area (Å²) in [5.41, 5.74) is 7.49. The van der Waals surface area contributed by atoms with Crippen LogP contribution in [-0.4, -0.2) is 5.11 Å². The van der Waals surface area contributed by atoms with Gasteiger partial charge in [-0.05, 0) is 5.53 Å². The normalized spacial score (nSPS) is 8.00. The summed E-state index contributed by atoms with van der Waals surface area (Å²) >= 11 is 0. The quantitative estimate of drug-likeness (QED) is 0.222. The molecule has 0 spiro atoms. The molecule has 0 aromatic heterocycles. The van der Waals surface area contributed by atoms with Crippen molar-refractivity contribution >= 4 is 0 Å². The first-order valence-electron chi connectivity index (χ1n) is 1.25. The van der Waals surface area contributed by atoms with Gasteiger partial charge in [0, 0.05) is 11.1 Å². The molecule has 0 aromatic rings. The number of azide groups is 1. The lowest BCUT2D eigenvalue weighted by Gasteiger charge is -1.57. The predicted octanol–water partition coefficient (Wildman–Crippen LogP) is 1.33. The van der Waals surface area contributed by atoms with E-state index in [9.17, 15) is 0 Å². The smallest absolute Gasteiger partial charge is 0.0814 e. The fourth-order valence-corrected chi connectivity index (χ4v) is 0.0596. The zero-order chi connectivity index (χ0) is 4.83. The van der Waals surface area contributed by atoms with Crippen LogP contribution in [0.1, 0.15) is 0 Å². The molecule has 32 valence electrons. The second-order valence-corrected chi connectivity index (χ2v) is 0.503. The molecule has 0 aromatic carbocycles. The Balaban J connectivity index is 3.33. The molecule has 0 aliphatic rings. The molecule has 0 aliphatic heterocycles. The van der Waals surface area contributed by atoms with Crippen molar-refractivity contribution in [1.82, 2.24) is 0 Å². The lowest BCUT2D eigenvalue weighted by molar-refractivity contribution is 0.472. The van der Waals surface area contributed by atoms with Crippen LogP contribution in [0.5, 0.6) is 0 Å². The van der Waals surface area contributed by atoms with E-state index < -0.39 is 0 Å². The van der Waals surface area contributed by atoms with Crippen LogP contribution in [0.25, 0.3) is 10.4 Å². The third-order valence-electron chi connectivity index (χ3n) is 0.185. The summed E-state index contributed by atoms with van der Waals surface area (Å²) in [6.07, 6.45) is 1.61. The molecule has 4 heteroatoms. The van der Waals surface area contributed by atoms with E-state index in [-0.39, 0.29) is 0 Å². The third-order valence-corrected chi connectivity index (χ3v) is 0.185. The highest BCUT2D eigenvalue weighted by molar-refractivity contribution is 4.67. The summed E-state index contributed by atoms with van der Waals surface area (Å²) in [7, 11) is 0. The molecule has 0 aliphatic carbocycles. The molecule has 0 radical (unpaired) electrons. The van der Waals surface area contributed by atoms with Gasteiger partial charge in [-0.3, -0.25) is 0 Å². The van der Waals surface area contributed by atoms with E-state index in [1.807, 2.05) is 0 Å². The average Bonchev–Trinajstić information content (AvgIpc) is 1.61. The molecule has 0 heterocycles. The maximum atomic E-state index is 7.75. The maximum Gasteiger partial charge on any atom is 0.0814 e. The summed E-state index contributed by atoms with van der Waals surface area (Å²) in [6.45, 7) is 0. The van der Waals surface area contributed by atoms with Crippen LogP contribution in [0.15, 0.2) is 17.6 Å². The van der Waals surface area contributed by atoms with E-state index >= 15 is 0 Å². The minimum Gasteiger partial charge on any atom is -0.516 e. The number of rotatable bonds is 1. The minimum absolute atomic E-state index is 0.666. The van der Waals surface area contributed by atoms with Crippen molar-refractivity contribution < 1.29 is 5.11 Å². The molecule has 0 rings (SSSR count). The highest BCUT2D eigenvalue weighted by Crippen LogP contribution is 1.67. The maximum absolute atomic E-state index is 7.75. The summed E-state index contributed by atoms with van der Waals surface area (Å²) < 4.78 is 0. The molecule has 0 amide bonds. The highest BCUT2D eigenvalue weighted by Gasteiger charge is 1.49. The first-order chi connectivity index (χ1) is 2.91. The molecule has 0 saturated carbocycles. The van der Waals surface area contributed by atoms with Gasteiger partial charge >= 0.3 is 0 Å². The number of aliphatic hydroxyl groups excluding tert-OH is 1. The van der Waals surface area contributed by atoms with Crippen molar-refractivity contribution in [3.8, 4) is 0 Å². The third kappa shape index (κ3) is 2.85. The summed E-state index contributed by atoms with van der Waals surface area (Å²) in [6, 6.07) is 0. The van der Waals surface area contributed by atoms with E-state index in [2.05, 4.69) is 10.0 Å². The Kier molecular flexibility index (Phi) is 3.11. The number of aliphatic hydroxyl groups is 1. The van der Waals surface area contributed by atoms with Crippen molar-refractivity contribution in [2.24, 2.45) is 5.11 Å². The van der Waals surface area contributed by atoms with Gasteiger partial charge in [-0.25, -0.2) is 0 Å². The topological polar surface area (TPSA) is 69.0 Å². The lowest BCUT2D eigenvalue weighted by atomic mass is 11.0. The standard InChI is InChI=1S/C2H3N3O/c3-5-4-1-2-6/h1-2,6H. The van der Waals surface area contributed by atoms with Crippen LogP contribution < -0.4 is 0 Å². The summed E-state index contributed by atoms with van der Waals surface area (Å²) in [5.74, 6) is 0. The fraction of sp³-hybridized carbons (Fsp3) is 0. The van der Waals surface area contributed by atoms with Crippen molar-refractivity contribution in [2.75, 3.05) is 0 Å². The number of hydrogen-bond acceptors (Lipinski definition) is 2. The minimum atomic E-state index is 0.666. The van der Waals surface area contributed by atoms with Gasteiger partial charge in [0.05, 0.1) is 6.26 Å². The monoisotopic (exact) mass is 85.0 g/mol. The zero-order valence-corrected chi connectivity index (χ0v) is 2.94. The van der Waals surface area contributed by atoms with Crippen LogP contribution in [0.4, 0.5) is 0 Å². The van der Waals surface area contributed by atoms with Crippen molar-refractivity contribution in [3.63, 3.8) is 0 Å². The van der Waals surface area contributed by atoms with Gasteiger partial charge in [-0.2, -0.15) is 0 Å². The average molecular weight is 85.1 g/mol. The zero-order valence-electron chi connectivity index (χ0n) is 2.94. The van der Waals surface area contributed by atoms with Gasteiger partial charge in [0.15, 0.2) is 0 Å². The molecule has 0 bridgehead atoms. The second kappa shape index (κ2) is 3.85. The van der Waals surface area contributed by atoms with Crippen LogP contribution in [0.3, 0.4) is 0 Å². The Hall–Kier alpha value is -1.15. The summed E-state index contributed by atoms with van der Waals surface area (Å²) in [4.78, 5) is 2.30. The van der Waals surface area contributed by atoms with Gasteiger partial charge < -0.3 is 5.11 Å². The van der Waals surface area contributed by atoms with Gasteiger partial charge in [-0.1, -0.05) is 5.11 Å². The molecule has 0 fully saturated rings. The fourth-order valence-electron chi connectivity index (χ4n) is 0.0596. The Labute approximate surface area is 34.3 Å². The van der Waals surface area contributed by atoms with E-state index in [1.165, 1.54) is 0 Å². The van der Waals surface area contributed by atoms with Gasteiger partial charge in [0.1, 0.15) is 0 Å². The molecule has 1 N–H and O–H groups in total. The number of nitrogens with zero attached hydrogens (tertiary/aromatic N) is 3. The van der Waals surface area contributed by atoms with Crippen molar-refractivity contribution in [1.29, 1.82) is 0 Å². The molecule has 0 atom stereocenters. The largest absolute Gasteiger partial charge is 0.516 e. The van der Waals surface area contributed by atoms with Crippen molar-refractivity contribution in [3.05, 3.63) is 22.9 Å². The van der Waals surface area contributed by atoms with Crippen LogP contribution in [0.2, 0.25) is 0 Å². The second-order valence-electron chi connectivity index (χ2n) is 0.503. The SMILES string of the molecule is [N-]=[N+]=NC=CO.